The molecule has 0 aromatic rings. The maximum absolute atomic E-state index is 12.0. The van der Waals surface area contributed by atoms with E-state index in [1.165, 1.54) is 20.0 Å². The summed E-state index contributed by atoms with van der Waals surface area (Å²) in [5, 5.41) is 0. The second-order valence-electron chi connectivity index (χ2n) is 14.0. The molecule has 0 heterocycles. The van der Waals surface area contributed by atoms with E-state index in [1.54, 1.807) is 21.3 Å². The molecule has 4 rings (SSSR count). The van der Waals surface area contributed by atoms with Crippen LogP contribution in [0.1, 0.15) is 85.5 Å². The zero-order valence-electron chi connectivity index (χ0n) is 27.0. The van der Waals surface area contributed by atoms with Crippen LogP contribution in [-0.2, 0) is 38.0 Å². The van der Waals surface area contributed by atoms with Gasteiger partial charge in [0.15, 0.2) is 0 Å². The van der Waals surface area contributed by atoms with Crippen molar-refractivity contribution in [3.8, 4) is 0 Å². The van der Waals surface area contributed by atoms with Crippen LogP contribution in [0, 0.1) is 52.3 Å². The zero-order chi connectivity index (χ0) is 29.8. The topological polar surface area (TPSA) is 81.7 Å². The first kappa shape index (κ1) is 33.1. The highest BCUT2D eigenvalue weighted by molar-refractivity contribution is 5.69. The zero-order valence-corrected chi connectivity index (χ0v) is 27.0. The molecule has 0 spiro atoms. The van der Waals surface area contributed by atoms with E-state index in [-0.39, 0.29) is 35.1 Å². The predicted octanol–water partition coefficient (Wildman–Crippen LogP) is 6.06. The standard InChI is InChI=1S/C33H58O8/c1-9-23-26-16-22(39-18-35-5)14-15-32(26,3)30-27(40-19-36-6)17-33(4)24(21(2)10-13-28(34)38-8)11-12-25(33)29(30)31(23)41-20-37-7/h21-27,29-31H,9-20H2,1-8H3/t21-,22-,23-,24-,25?,26+,27+,29?,30?,31-,32+,33-/m1/s1. The van der Waals surface area contributed by atoms with E-state index in [1.807, 2.05) is 0 Å². The quantitative estimate of drug-likeness (QED) is 0.181. The Hall–Kier alpha value is -0.770. The van der Waals surface area contributed by atoms with Gasteiger partial charge in [-0.25, -0.2) is 0 Å². The molecule has 4 saturated carbocycles. The molecule has 0 N–H and O–H groups in total. The summed E-state index contributed by atoms with van der Waals surface area (Å²) in [4.78, 5) is 12.0. The van der Waals surface area contributed by atoms with E-state index in [2.05, 4.69) is 27.7 Å². The molecule has 4 aliphatic carbocycles. The van der Waals surface area contributed by atoms with Crippen molar-refractivity contribution in [1.82, 2.24) is 0 Å². The minimum atomic E-state index is -0.114. The van der Waals surface area contributed by atoms with Crippen LogP contribution in [-0.4, -0.2) is 73.1 Å². The van der Waals surface area contributed by atoms with E-state index < -0.39 is 0 Å². The van der Waals surface area contributed by atoms with Crippen LogP contribution in [0.5, 0.6) is 0 Å². The van der Waals surface area contributed by atoms with Crippen molar-refractivity contribution in [2.45, 2.75) is 104 Å². The van der Waals surface area contributed by atoms with Crippen LogP contribution in [0.4, 0.5) is 0 Å². The lowest BCUT2D eigenvalue weighted by molar-refractivity contribution is -0.275. The first-order chi connectivity index (χ1) is 19.7. The van der Waals surface area contributed by atoms with Gasteiger partial charge in [-0.2, -0.15) is 0 Å². The number of hydrogen-bond acceptors (Lipinski definition) is 8. The van der Waals surface area contributed by atoms with Crippen molar-refractivity contribution in [2.75, 3.05) is 48.8 Å². The number of fused-ring (bicyclic) bond motifs is 5. The van der Waals surface area contributed by atoms with Gasteiger partial charge < -0.3 is 33.2 Å². The van der Waals surface area contributed by atoms with Crippen LogP contribution in [0.25, 0.3) is 0 Å². The summed E-state index contributed by atoms with van der Waals surface area (Å²) < 4.78 is 41.0. The lowest BCUT2D eigenvalue weighted by Crippen LogP contribution is -2.66. The van der Waals surface area contributed by atoms with Gasteiger partial charge in [0.2, 0.25) is 0 Å². The third-order valence-corrected chi connectivity index (χ3v) is 12.2. The highest BCUT2D eigenvalue weighted by Gasteiger charge is 2.68. The second-order valence-corrected chi connectivity index (χ2v) is 14.0. The van der Waals surface area contributed by atoms with Crippen LogP contribution in [0.2, 0.25) is 0 Å². The summed E-state index contributed by atoms with van der Waals surface area (Å²) in [6, 6.07) is 0. The van der Waals surface area contributed by atoms with Gasteiger partial charge in [-0.05, 0) is 97.2 Å². The lowest BCUT2D eigenvalue weighted by Gasteiger charge is -2.67. The summed E-state index contributed by atoms with van der Waals surface area (Å²) in [7, 11) is 6.63. The molecule has 0 saturated heterocycles. The van der Waals surface area contributed by atoms with Crippen molar-refractivity contribution in [3.63, 3.8) is 0 Å². The summed E-state index contributed by atoms with van der Waals surface area (Å²) in [5.74, 6) is 3.03. The number of ether oxygens (including phenoxy) is 7. The Labute approximate surface area is 248 Å². The van der Waals surface area contributed by atoms with Gasteiger partial charge in [0.1, 0.15) is 20.4 Å². The minimum absolute atomic E-state index is 0.0880. The maximum atomic E-state index is 12.0. The second kappa shape index (κ2) is 14.3. The molecule has 3 unspecified atom stereocenters. The van der Waals surface area contributed by atoms with Gasteiger partial charge in [0, 0.05) is 27.8 Å². The fourth-order valence-electron chi connectivity index (χ4n) is 10.6. The summed E-state index contributed by atoms with van der Waals surface area (Å²) >= 11 is 0. The molecular formula is C33H58O8. The summed E-state index contributed by atoms with van der Waals surface area (Å²) in [5.41, 5.74) is 0.226. The maximum Gasteiger partial charge on any atom is 0.305 e. The molecule has 0 aliphatic heterocycles. The fraction of sp³-hybridized carbons (Fsp3) is 0.970. The highest BCUT2D eigenvalue weighted by atomic mass is 16.7. The highest BCUT2D eigenvalue weighted by Crippen LogP contribution is 2.70. The summed E-state index contributed by atoms with van der Waals surface area (Å²) in [6.07, 6.45) is 9.42. The van der Waals surface area contributed by atoms with Crippen molar-refractivity contribution in [1.29, 1.82) is 0 Å². The fourth-order valence-corrected chi connectivity index (χ4v) is 10.6. The predicted molar refractivity (Wildman–Crippen MR) is 156 cm³/mol. The average Bonchev–Trinajstić information content (AvgIpc) is 3.32. The molecule has 12 atom stereocenters. The number of methoxy groups -OCH3 is 4. The Morgan fingerprint density at radius 2 is 1.56 bits per heavy atom. The molecule has 0 amide bonds. The molecular weight excluding hydrogens is 524 g/mol. The molecule has 41 heavy (non-hydrogen) atoms. The van der Waals surface area contributed by atoms with Gasteiger partial charge in [-0.15, -0.1) is 0 Å². The number of hydrogen-bond donors (Lipinski definition) is 0. The van der Waals surface area contributed by atoms with Gasteiger partial charge in [0.25, 0.3) is 0 Å². The van der Waals surface area contributed by atoms with Crippen molar-refractivity contribution < 1.29 is 38.0 Å². The number of rotatable bonds is 14. The van der Waals surface area contributed by atoms with Gasteiger partial charge in [-0.1, -0.05) is 34.1 Å². The number of carbonyl (C=O) groups is 1. The Balaban J connectivity index is 1.73. The van der Waals surface area contributed by atoms with E-state index >= 15 is 0 Å². The average molecular weight is 583 g/mol. The Morgan fingerprint density at radius 1 is 0.878 bits per heavy atom. The van der Waals surface area contributed by atoms with Crippen LogP contribution >= 0.6 is 0 Å². The van der Waals surface area contributed by atoms with Crippen molar-refractivity contribution in [2.24, 2.45) is 52.3 Å². The van der Waals surface area contributed by atoms with Crippen LogP contribution in [0.15, 0.2) is 0 Å². The van der Waals surface area contributed by atoms with Crippen LogP contribution in [0.3, 0.4) is 0 Å². The first-order valence-electron chi connectivity index (χ1n) is 16.1. The van der Waals surface area contributed by atoms with Crippen molar-refractivity contribution >= 4 is 5.97 Å². The lowest BCUT2D eigenvalue weighted by atomic mass is 9.40. The normalized spacial score (nSPS) is 42.7. The SMILES string of the molecule is CC[C@H]1[C@@H](OCOC)C2C3CC[C@H]([C@H](C)CCC(=O)OC)[C@@]3(C)C[C@H](OCOC)C2[C@@]2(C)CC[C@@H](OCOC)C[C@@H]12. The number of carbonyl (C=O) groups excluding carboxylic acids is 1. The molecule has 8 heteroatoms. The Kier molecular flexibility index (Phi) is 11.6. The monoisotopic (exact) mass is 582 g/mol. The molecule has 4 aliphatic rings. The van der Waals surface area contributed by atoms with Crippen molar-refractivity contribution in [3.05, 3.63) is 0 Å². The molecule has 238 valence electrons. The smallest absolute Gasteiger partial charge is 0.305 e. The van der Waals surface area contributed by atoms with Crippen LogP contribution < -0.4 is 0 Å². The third kappa shape index (κ3) is 6.39. The molecule has 0 aromatic carbocycles. The number of esters is 1. The molecule has 0 aromatic heterocycles. The summed E-state index contributed by atoms with van der Waals surface area (Å²) in [6.45, 7) is 10.7. The van der Waals surface area contributed by atoms with Gasteiger partial charge >= 0.3 is 5.97 Å². The van der Waals surface area contributed by atoms with E-state index in [0.717, 1.165) is 38.5 Å². The van der Waals surface area contributed by atoms with E-state index in [0.29, 0.717) is 68.2 Å². The Morgan fingerprint density at radius 3 is 2.22 bits per heavy atom. The molecule has 0 bridgehead atoms. The minimum Gasteiger partial charge on any atom is -0.469 e. The largest absolute Gasteiger partial charge is 0.469 e. The van der Waals surface area contributed by atoms with E-state index in [9.17, 15) is 4.79 Å². The molecule has 8 nitrogen and oxygen atoms in total. The molecule has 4 fully saturated rings. The third-order valence-electron chi connectivity index (χ3n) is 12.2. The Bertz CT molecular complexity index is 838. The first-order valence-corrected chi connectivity index (χ1v) is 16.1. The van der Waals surface area contributed by atoms with Gasteiger partial charge in [-0.3, -0.25) is 4.79 Å². The van der Waals surface area contributed by atoms with Gasteiger partial charge in [0.05, 0.1) is 25.4 Å². The van der Waals surface area contributed by atoms with E-state index in [4.69, 9.17) is 33.2 Å². The molecule has 0 radical (unpaired) electrons.